The number of hydrogen-bond acceptors (Lipinski definition) is 3. The molecule has 1 saturated heterocycles. The Bertz CT molecular complexity index is 347. The molecule has 124 valence electrons. The molecule has 21 heavy (non-hydrogen) atoms. The van der Waals surface area contributed by atoms with E-state index in [1.807, 2.05) is 0 Å². The Balaban J connectivity index is 0.00000220. The van der Waals surface area contributed by atoms with E-state index < -0.39 is 12.0 Å². The number of nitrogens with zero attached hydrogens (tertiary/aromatic N) is 1. The Morgan fingerprint density at radius 3 is 2.38 bits per heavy atom. The third-order valence-corrected chi connectivity index (χ3v) is 4.24. The van der Waals surface area contributed by atoms with Crippen LogP contribution in [0.25, 0.3) is 0 Å². The third kappa shape index (κ3) is 5.68. The van der Waals surface area contributed by atoms with E-state index >= 15 is 0 Å². The van der Waals surface area contributed by atoms with Crippen molar-refractivity contribution >= 4 is 18.3 Å². The van der Waals surface area contributed by atoms with E-state index in [0.29, 0.717) is 5.92 Å². The molecule has 0 aromatic carbocycles. The van der Waals surface area contributed by atoms with Crippen molar-refractivity contribution in [2.24, 2.45) is 5.92 Å². The minimum absolute atomic E-state index is 0. The molecule has 1 saturated carbocycles. The maximum Gasteiger partial charge on any atom is 0.262 e. The number of halogens is 3. The van der Waals surface area contributed by atoms with Crippen LogP contribution in [0.5, 0.6) is 0 Å². The largest absolute Gasteiger partial charge is 0.352 e. The Hall–Kier alpha value is -0.460. The predicted octanol–water partition coefficient (Wildman–Crippen LogP) is 1.64. The minimum atomic E-state index is -2.74. The second kappa shape index (κ2) is 7.70. The van der Waals surface area contributed by atoms with E-state index in [4.69, 9.17) is 0 Å². The van der Waals surface area contributed by atoms with E-state index in [2.05, 4.69) is 29.6 Å². The lowest BCUT2D eigenvalue weighted by Crippen LogP contribution is -2.46. The number of hydrogen-bond donors (Lipinski definition) is 2. The number of nitrogens with one attached hydrogen (secondary N) is 2. The summed E-state index contributed by atoms with van der Waals surface area (Å²) in [6, 6.07) is -0.582. The van der Waals surface area contributed by atoms with E-state index in [1.54, 1.807) is 0 Å². The molecule has 4 nitrogen and oxygen atoms in total. The molecule has 0 aromatic rings. The molecule has 2 aliphatic rings. The average molecular weight is 326 g/mol. The monoisotopic (exact) mass is 325 g/mol. The van der Waals surface area contributed by atoms with Crippen LogP contribution < -0.4 is 10.6 Å². The molecule has 1 aliphatic heterocycles. The normalized spacial score (nSPS) is 31.8. The fourth-order valence-corrected chi connectivity index (χ4v) is 3.21. The van der Waals surface area contributed by atoms with Gasteiger partial charge in [-0.2, -0.15) is 0 Å². The van der Waals surface area contributed by atoms with Crippen molar-refractivity contribution in [3.63, 3.8) is 0 Å². The number of rotatable bonds is 4. The molecule has 1 atom stereocenters. The smallest absolute Gasteiger partial charge is 0.262 e. The molecule has 0 bridgehead atoms. The van der Waals surface area contributed by atoms with Gasteiger partial charge >= 0.3 is 0 Å². The standard InChI is InChI=1S/C14H25F2N3O.ClH/c1-19(2)8-10-3-5-11(6-4-10)18-13(20)12-7-14(15,16)9-17-12;/h10-12,17H,3-9H2,1-2H3,(H,18,20);1H. The van der Waals surface area contributed by atoms with Crippen LogP contribution >= 0.6 is 12.4 Å². The van der Waals surface area contributed by atoms with Gasteiger partial charge in [0.2, 0.25) is 5.91 Å². The van der Waals surface area contributed by atoms with Gasteiger partial charge in [0.1, 0.15) is 0 Å². The summed E-state index contributed by atoms with van der Waals surface area (Å²) in [4.78, 5) is 14.1. The molecule has 2 fully saturated rings. The molecule has 1 aliphatic carbocycles. The summed E-state index contributed by atoms with van der Waals surface area (Å²) in [5.74, 6) is -2.32. The van der Waals surface area contributed by atoms with Gasteiger partial charge in [0.05, 0.1) is 12.6 Å². The Kier molecular flexibility index (Phi) is 6.81. The van der Waals surface area contributed by atoms with Crippen molar-refractivity contribution in [2.45, 2.75) is 50.1 Å². The Morgan fingerprint density at radius 2 is 1.90 bits per heavy atom. The summed E-state index contributed by atoms with van der Waals surface area (Å²) in [7, 11) is 4.14. The van der Waals surface area contributed by atoms with Gasteiger partial charge in [-0.05, 0) is 45.7 Å². The average Bonchev–Trinajstić information content (AvgIpc) is 2.72. The molecule has 7 heteroatoms. The summed E-state index contributed by atoms with van der Waals surface area (Å²) in [6.45, 7) is 0.692. The van der Waals surface area contributed by atoms with E-state index in [-0.39, 0.29) is 37.3 Å². The second-order valence-electron chi connectivity index (χ2n) is 6.48. The maximum absolute atomic E-state index is 13.1. The highest BCUT2D eigenvalue weighted by atomic mass is 35.5. The van der Waals surface area contributed by atoms with Crippen LogP contribution in [0.15, 0.2) is 0 Å². The van der Waals surface area contributed by atoms with Crippen molar-refractivity contribution in [1.82, 2.24) is 15.5 Å². The van der Waals surface area contributed by atoms with E-state index in [9.17, 15) is 13.6 Å². The molecule has 1 heterocycles. The van der Waals surface area contributed by atoms with Gasteiger partial charge in [-0.1, -0.05) is 0 Å². The first kappa shape index (κ1) is 18.6. The highest BCUT2D eigenvalue weighted by Gasteiger charge is 2.42. The van der Waals surface area contributed by atoms with E-state index in [1.165, 1.54) is 0 Å². The third-order valence-electron chi connectivity index (χ3n) is 4.24. The molecular weight excluding hydrogens is 300 g/mol. The van der Waals surface area contributed by atoms with Gasteiger partial charge in [0.15, 0.2) is 0 Å². The molecular formula is C14H26ClF2N3O. The van der Waals surface area contributed by atoms with Gasteiger partial charge in [-0.3, -0.25) is 10.1 Å². The van der Waals surface area contributed by atoms with E-state index in [0.717, 1.165) is 32.2 Å². The summed E-state index contributed by atoms with van der Waals surface area (Å²) >= 11 is 0. The van der Waals surface area contributed by atoms with Gasteiger partial charge in [-0.15, -0.1) is 12.4 Å². The Labute approximate surface area is 131 Å². The fourth-order valence-electron chi connectivity index (χ4n) is 3.21. The van der Waals surface area contributed by atoms with Gasteiger partial charge in [0.25, 0.3) is 5.92 Å². The zero-order chi connectivity index (χ0) is 14.8. The molecule has 0 radical (unpaired) electrons. The van der Waals surface area contributed by atoms with Crippen LogP contribution in [-0.2, 0) is 4.79 Å². The van der Waals surface area contributed by atoms with Gasteiger partial charge in [0, 0.05) is 19.0 Å². The molecule has 2 rings (SSSR count). The highest BCUT2D eigenvalue weighted by molar-refractivity contribution is 5.85. The van der Waals surface area contributed by atoms with Gasteiger partial charge in [-0.25, -0.2) is 8.78 Å². The molecule has 0 aromatic heterocycles. The lowest BCUT2D eigenvalue weighted by atomic mass is 9.85. The van der Waals surface area contributed by atoms with Crippen LogP contribution in [0.4, 0.5) is 8.78 Å². The number of alkyl halides is 2. The van der Waals surface area contributed by atoms with Crippen LogP contribution in [-0.4, -0.2) is 56.0 Å². The predicted molar refractivity (Wildman–Crippen MR) is 81.0 cm³/mol. The van der Waals surface area contributed by atoms with Crippen molar-refractivity contribution in [2.75, 3.05) is 27.2 Å². The molecule has 1 amide bonds. The quantitative estimate of drug-likeness (QED) is 0.826. The van der Waals surface area contributed by atoms with Crippen molar-refractivity contribution in [3.05, 3.63) is 0 Å². The zero-order valence-electron chi connectivity index (χ0n) is 12.7. The topological polar surface area (TPSA) is 44.4 Å². The second-order valence-corrected chi connectivity index (χ2v) is 6.48. The first-order chi connectivity index (χ1) is 9.35. The first-order valence-corrected chi connectivity index (χ1v) is 7.42. The lowest BCUT2D eigenvalue weighted by molar-refractivity contribution is -0.124. The molecule has 0 spiro atoms. The molecule has 2 N–H and O–H groups in total. The van der Waals surface area contributed by atoms with Crippen molar-refractivity contribution in [1.29, 1.82) is 0 Å². The maximum atomic E-state index is 13.1. The minimum Gasteiger partial charge on any atom is -0.352 e. The lowest BCUT2D eigenvalue weighted by Gasteiger charge is -2.31. The number of amides is 1. The van der Waals surface area contributed by atoms with Crippen molar-refractivity contribution in [3.8, 4) is 0 Å². The van der Waals surface area contributed by atoms with Gasteiger partial charge < -0.3 is 10.2 Å². The summed E-state index contributed by atoms with van der Waals surface area (Å²) in [6.07, 6.45) is 3.71. The Morgan fingerprint density at radius 1 is 1.29 bits per heavy atom. The van der Waals surface area contributed by atoms with Crippen LogP contribution in [0.3, 0.4) is 0 Å². The first-order valence-electron chi connectivity index (χ1n) is 7.42. The van der Waals surface area contributed by atoms with Crippen LogP contribution in [0, 0.1) is 5.92 Å². The summed E-state index contributed by atoms with van der Waals surface area (Å²) in [5.41, 5.74) is 0. The summed E-state index contributed by atoms with van der Waals surface area (Å²) in [5, 5.41) is 5.53. The molecule has 1 unspecified atom stereocenters. The van der Waals surface area contributed by atoms with Crippen LogP contribution in [0.2, 0.25) is 0 Å². The number of carbonyl (C=O) groups is 1. The zero-order valence-corrected chi connectivity index (χ0v) is 13.5. The SMILES string of the molecule is CN(C)CC1CCC(NC(=O)C2CC(F)(F)CN2)CC1.Cl. The fraction of sp³-hybridized carbons (Fsp3) is 0.929. The number of carbonyl (C=O) groups excluding carboxylic acids is 1. The van der Waals surface area contributed by atoms with Crippen LogP contribution in [0.1, 0.15) is 32.1 Å². The summed E-state index contributed by atoms with van der Waals surface area (Å²) < 4.78 is 26.1. The van der Waals surface area contributed by atoms with Crippen molar-refractivity contribution < 1.29 is 13.6 Å². The highest BCUT2D eigenvalue weighted by Crippen LogP contribution is 2.27.